The molecule has 2 N–H and O–H groups in total. The second-order valence-electron chi connectivity index (χ2n) is 4.55. The third-order valence-electron chi connectivity index (χ3n) is 3.54. The molecule has 0 atom stereocenters. The Morgan fingerprint density at radius 1 is 1.35 bits per heavy atom. The molecule has 98 valence electrons. The first kappa shape index (κ1) is 14.6. The molecule has 0 bridgehead atoms. The number of aliphatic hydroxyl groups excluding tert-OH is 1. The molecular weight excluding hydrogens is 232 g/mol. The minimum atomic E-state index is 0.0314. The zero-order valence-electron chi connectivity index (χ0n) is 11.1. The summed E-state index contributed by atoms with van der Waals surface area (Å²) in [5.74, 6) is 0. The minimum absolute atomic E-state index is 0.0314. The molecule has 0 saturated heterocycles. The van der Waals surface area contributed by atoms with Crippen LogP contribution in [0.3, 0.4) is 0 Å². The van der Waals surface area contributed by atoms with Gasteiger partial charge in [-0.2, -0.15) is 0 Å². The van der Waals surface area contributed by atoms with Crippen molar-refractivity contribution in [1.82, 2.24) is 10.3 Å². The van der Waals surface area contributed by atoms with E-state index in [-0.39, 0.29) is 12.0 Å². The van der Waals surface area contributed by atoms with Gasteiger partial charge >= 0.3 is 0 Å². The van der Waals surface area contributed by atoms with Crippen molar-refractivity contribution < 1.29 is 5.11 Å². The molecule has 1 aromatic heterocycles. The number of nitrogens with one attached hydrogen (secondary N) is 1. The van der Waals surface area contributed by atoms with Gasteiger partial charge in [-0.1, -0.05) is 20.8 Å². The second-order valence-corrected chi connectivity index (χ2v) is 5.50. The Bertz CT molecular complexity index is 313. The van der Waals surface area contributed by atoms with Crippen molar-refractivity contribution in [1.29, 1.82) is 0 Å². The highest BCUT2D eigenvalue weighted by atomic mass is 32.1. The summed E-state index contributed by atoms with van der Waals surface area (Å²) in [6.45, 7) is 8.32. The first-order valence-electron chi connectivity index (χ1n) is 6.44. The van der Waals surface area contributed by atoms with E-state index in [4.69, 9.17) is 0 Å². The summed E-state index contributed by atoms with van der Waals surface area (Å²) in [5, 5.41) is 16.2. The molecule has 0 fully saturated rings. The fourth-order valence-electron chi connectivity index (χ4n) is 1.83. The van der Waals surface area contributed by atoms with Gasteiger partial charge in [0.1, 0.15) is 0 Å². The van der Waals surface area contributed by atoms with Crippen molar-refractivity contribution >= 4 is 11.3 Å². The highest BCUT2D eigenvalue weighted by Crippen LogP contribution is 2.24. The third kappa shape index (κ3) is 4.05. The molecule has 0 saturated carbocycles. The second kappa shape index (κ2) is 7.09. The molecule has 1 rings (SSSR count). The summed E-state index contributed by atoms with van der Waals surface area (Å²) in [6.07, 6.45) is 3.02. The summed E-state index contributed by atoms with van der Waals surface area (Å²) in [7, 11) is 0. The molecule has 0 unspecified atom stereocenters. The molecule has 17 heavy (non-hydrogen) atoms. The Morgan fingerprint density at radius 2 is 2.06 bits per heavy atom. The van der Waals surface area contributed by atoms with Crippen LogP contribution in [0.4, 0.5) is 0 Å². The smallest absolute Gasteiger partial charge is 0.0926 e. The maximum Gasteiger partial charge on any atom is 0.0926 e. The number of hydrogen-bond donors (Lipinski definition) is 2. The molecule has 1 heterocycles. The van der Waals surface area contributed by atoms with Crippen LogP contribution in [0, 0.1) is 5.41 Å². The van der Waals surface area contributed by atoms with Crippen molar-refractivity contribution in [2.24, 2.45) is 5.41 Å². The quantitative estimate of drug-likeness (QED) is 0.751. The standard InChI is InChI=1S/C13H24N2OS/c1-4-12-15-11(8-17-12)7-14-9-13(5-2,6-3)10-16/h8,14,16H,4-7,9-10H2,1-3H3. The van der Waals surface area contributed by atoms with E-state index < -0.39 is 0 Å². The first-order chi connectivity index (χ1) is 8.19. The number of nitrogens with zero attached hydrogens (tertiary/aromatic N) is 1. The van der Waals surface area contributed by atoms with Crippen molar-refractivity contribution in [3.8, 4) is 0 Å². The normalized spacial score (nSPS) is 12.0. The lowest BCUT2D eigenvalue weighted by Gasteiger charge is -2.29. The Morgan fingerprint density at radius 3 is 2.53 bits per heavy atom. The van der Waals surface area contributed by atoms with Crippen molar-refractivity contribution in [3.63, 3.8) is 0 Å². The molecule has 3 nitrogen and oxygen atoms in total. The van der Waals surface area contributed by atoms with E-state index in [0.29, 0.717) is 0 Å². The van der Waals surface area contributed by atoms with Crippen LogP contribution in [-0.4, -0.2) is 23.2 Å². The van der Waals surface area contributed by atoms with E-state index in [1.165, 1.54) is 5.01 Å². The predicted molar refractivity (Wildman–Crippen MR) is 73.3 cm³/mol. The molecule has 0 aliphatic rings. The Balaban J connectivity index is 2.40. The van der Waals surface area contributed by atoms with Gasteiger partial charge in [-0.3, -0.25) is 0 Å². The van der Waals surface area contributed by atoms with Crippen LogP contribution in [0.2, 0.25) is 0 Å². The zero-order chi connectivity index (χ0) is 12.7. The fraction of sp³-hybridized carbons (Fsp3) is 0.769. The van der Waals surface area contributed by atoms with Gasteiger partial charge in [0.25, 0.3) is 0 Å². The molecule has 0 amide bonds. The van der Waals surface area contributed by atoms with E-state index >= 15 is 0 Å². The van der Waals surface area contributed by atoms with Crippen LogP contribution < -0.4 is 5.32 Å². The van der Waals surface area contributed by atoms with Crippen LogP contribution in [-0.2, 0) is 13.0 Å². The maximum absolute atomic E-state index is 9.46. The van der Waals surface area contributed by atoms with E-state index in [1.807, 2.05) is 0 Å². The molecule has 1 aromatic rings. The van der Waals surface area contributed by atoms with Crippen LogP contribution in [0.25, 0.3) is 0 Å². The molecule has 0 aliphatic heterocycles. The molecular formula is C13H24N2OS. The lowest BCUT2D eigenvalue weighted by atomic mass is 9.83. The van der Waals surface area contributed by atoms with Gasteiger partial charge in [0, 0.05) is 30.5 Å². The highest BCUT2D eigenvalue weighted by molar-refractivity contribution is 7.09. The van der Waals surface area contributed by atoms with Crippen LogP contribution in [0.1, 0.15) is 44.3 Å². The fourth-order valence-corrected chi connectivity index (χ4v) is 2.57. The summed E-state index contributed by atoms with van der Waals surface area (Å²) in [6, 6.07) is 0. The largest absolute Gasteiger partial charge is 0.396 e. The van der Waals surface area contributed by atoms with E-state index in [2.05, 4.69) is 36.5 Å². The van der Waals surface area contributed by atoms with Gasteiger partial charge in [0.2, 0.25) is 0 Å². The average molecular weight is 256 g/mol. The number of hydrogen-bond acceptors (Lipinski definition) is 4. The zero-order valence-corrected chi connectivity index (χ0v) is 11.9. The van der Waals surface area contributed by atoms with E-state index in [9.17, 15) is 5.11 Å². The summed E-state index contributed by atoms with van der Waals surface area (Å²) < 4.78 is 0. The molecule has 0 aliphatic carbocycles. The molecule has 0 aromatic carbocycles. The van der Waals surface area contributed by atoms with Crippen molar-refractivity contribution in [3.05, 3.63) is 16.1 Å². The van der Waals surface area contributed by atoms with Crippen LogP contribution >= 0.6 is 11.3 Å². The first-order valence-corrected chi connectivity index (χ1v) is 7.32. The van der Waals surface area contributed by atoms with E-state index in [0.717, 1.165) is 38.0 Å². The highest BCUT2D eigenvalue weighted by Gasteiger charge is 2.24. The number of aliphatic hydroxyl groups is 1. The van der Waals surface area contributed by atoms with Gasteiger partial charge in [0.05, 0.1) is 10.7 Å². The predicted octanol–water partition coefficient (Wildman–Crippen LogP) is 2.59. The number of aromatic nitrogens is 1. The SMILES string of the molecule is CCc1nc(CNCC(CC)(CC)CO)cs1. The molecule has 0 radical (unpaired) electrons. The van der Waals surface area contributed by atoms with Crippen LogP contribution in [0.5, 0.6) is 0 Å². The molecule has 4 heteroatoms. The van der Waals surface area contributed by atoms with Gasteiger partial charge in [0.15, 0.2) is 0 Å². The van der Waals surface area contributed by atoms with Gasteiger partial charge in [-0.15, -0.1) is 11.3 Å². The van der Waals surface area contributed by atoms with Crippen molar-refractivity contribution in [2.45, 2.75) is 46.6 Å². The van der Waals surface area contributed by atoms with E-state index in [1.54, 1.807) is 11.3 Å². The topological polar surface area (TPSA) is 45.2 Å². The summed E-state index contributed by atoms with van der Waals surface area (Å²) >= 11 is 1.72. The monoisotopic (exact) mass is 256 g/mol. The minimum Gasteiger partial charge on any atom is -0.396 e. The summed E-state index contributed by atoms with van der Waals surface area (Å²) in [4.78, 5) is 4.52. The Labute approximate surface area is 108 Å². The Kier molecular flexibility index (Phi) is 6.09. The van der Waals surface area contributed by atoms with Gasteiger partial charge in [-0.25, -0.2) is 4.98 Å². The van der Waals surface area contributed by atoms with Crippen molar-refractivity contribution in [2.75, 3.05) is 13.2 Å². The average Bonchev–Trinajstić information content (AvgIpc) is 2.83. The number of aryl methyl sites for hydroxylation is 1. The van der Waals surface area contributed by atoms with Gasteiger partial charge in [-0.05, 0) is 19.3 Å². The maximum atomic E-state index is 9.46. The Hall–Kier alpha value is -0.450. The lowest BCUT2D eigenvalue weighted by molar-refractivity contribution is 0.113. The number of thiazole rings is 1. The number of rotatable bonds is 8. The molecule has 0 spiro atoms. The third-order valence-corrected chi connectivity index (χ3v) is 4.59. The van der Waals surface area contributed by atoms with Gasteiger partial charge < -0.3 is 10.4 Å². The lowest BCUT2D eigenvalue weighted by Crippen LogP contribution is -2.36. The summed E-state index contributed by atoms with van der Waals surface area (Å²) in [5.41, 5.74) is 1.15. The van der Waals surface area contributed by atoms with Crippen LogP contribution in [0.15, 0.2) is 5.38 Å².